The van der Waals surface area contributed by atoms with Crippen LogP contribution in [0.5, 0.6) is 0 Å². The third-order valence-electron chi connectivity index (χ3n) is 1.79. The summed E-state index contributed by atoms with van der Waals surface area (Å²) < 4.78 is 1.06. The van der Waals surface area contributed by atoms with Crippen molar-refractivity contribution in [1.82, 2.24) is 0 Å². The Morgan fingerprint density at radius 1 is 1.15 bits per heavy atom. The molecule has 1 aromatic rings. The molecule has 0 unspecified atom stereocenters. The van der Waals surface area contributed by atoms with Crippen molar-refractivity contribution in [2.45, 2.75) is 34.3 Å². The van der Waals surface area contributed by atoms with Gasteiger partial charge in [0, 0.05) is 4.47 Å². The van der Waals surface area contributed by atoms with E-state index in [9.17, 15) is 0 Å². The zero-order valence-electron chi connectivity index (χ0n) is 8.69. The molecular weight excluding hydrogens is 228 g/mol. The van der Waals surface area contributed by atoms with E-state index in [-0.39, 0.29) is 6.61 Å². The molecule has 0 spiro atoms. The molecule has 0 aliphatic heterocycles. The third-order valence-corrected chi connectivity index (χ3v) is 2.64. The lowest BCUT2D eigenvalue weighted by molar-refractivity contribution is 0.281. The molecule has 2 heteroatoms. The van der Waals surface area contributed by atoms with Crippen LogP contribution in [0.1, 0.15) is 30.5 Å². The normalized spacial score (nSPS) is 9.08. The molecule has 0 aliphatic rings. The average Bonchev–Trinajstić information content (AvgIpc) is 2.15. The summed E-state index contributed by atoms with van der Waals surface area (Å²) in [7, 11) is 0. The Kier molecular flexibility index (Phi) is 6.00. The summed E-state index contributed by atoms with van der Waals surface area (Å²) in [5.74, 6) is 0. The van der Waals surface area contributed by atoms with Crippen LogP contribution in [0.25, 0.3) is 0 Å². The second kappa shape index (κ2) is 6.17. The molecular formula is C11H17BrO. The van der Waals surface area contributed by atoms with Crippen LogP contribution in [0.15, 0.2) is 16.6 Å². The summed E-state index contributed by atoms with van der Waals surface area (Å²) in [6.07, 6.45) is 0. The van der Waals surface area contributed by atoms with Gasteiger partial charge in [0.2, 0.25) is 0 Å². The van der Waals surface area contributed by atoms with Gasteiger partial charge in [0.1, 0.15) is 0 Å². The molecule has 1 nitrogen and oxygen atoms in total. The predicted molar refractivity (Wildman–Crippen MR) is 60.9 cm³/mol. The quantitative estimate of drug-likeness (QED) is 0.801. The van der Waals surface area contributed by atoms with Crippen LogP contribution < -0.4 is 0 Å². The fourth-order valence-electron chi connectivity index (χ4n) is 1.04. The molecule has 0 atom stereocenters. The van der Waals surface area contributed by atoms with Crippen LogP contribution in [-0.4, -0.2) is 5.11 Å². The minimum Gasteiger partial charge on any atom is -0.392 e. The van der Waals surface area contributed by atoms with Gasteiger partial charge in [-0.25, -0.2) is 0 Å². The second-order valence-electron chi connectivity index (χ2n) is 2.69. The zero-order valence-corrected chi connectivity index (χ0v) is 10.3. The molecule has 1 N–H and O–H groups in total. The van der Waals surface area contributed by atoms with Gasteiger partial charge < -0.3 is 5.11 Å². The molecule has 1 rings (SSSR count). The number of aliphatic hydroxyl groups excluding tert-OH is 1. The first-order chi connectivity index (χ1) is 6.15. The van der Waals surface area contributed by atoms with E-state index in [4.69, 9.17) is 5.11 Å². The van der Waals surface area contributed by atoms with Gasteiger partial charge in [-0.1, -0.05) is 35.8 Å². The van der Waals surface area contributed by atoms with Gasteiger partial charge in [-0.2, -0.15) is 0 Å². The van der Waals surface area contributed by atoms with Gasteiger partial charge in [0.05, 0.1) is 6.61 Å². The Balaban J connectivity index is 0.000000671. The molecule has 0 amide bonds. The maximum atomic E-state index is 8.91. The summed E-state index contributed by atoms with van der Waals surface area (Å²) in [5, 5.41) is 8.91. The van der Waals surface area contributed by atoms with Crippen molar-refractivity contribution < 1.29 is 5.11 Å². The number of halogens is 1. The van der Waals surface area contributed by atoms with Crippen LogP contribution >= 0.6 is 15.9 Å². The monoisotopic (exact) mass is 244 g/mol. The van der Waals surface area contributed by atoms with E-state index >= 15 is 0 Å². The van der Waals surface area contributed by atoms with E-state index < -0.39 is 0 Å². The fraction of sp³-hybridized carbons (Fsp3) is 0.455. The number of hydrogen-bond donors (Lipinski definition) is 1. The minimum atomic E-state index is 0.116. The summed E-state index contributed by atoms with van der Waals surface area (Å²) in [6, 6.07) is 4.03. The highest BCUT2D eigenvalue weighted by Gasteiger charge is 2.00. The maximum Gasteiger partial charge on any atom is 0.0684 e. The molecule has 13 heavy (non-hydrogen) atoms. The van der Waals surface area contributed by atoms with Gasteiger partial charge in [-0.05, 0) is 36.6 Å². The highest BCUT2D eigenvalue weighted by atomic mass is 79.9. The zero-order chi connectivity index (χ0) is 10.4. The summed E-state index contributed by atoms with van der Waals surface area (Å²) in [6.45, 7) is 8.16. The molecule has 0 fully saturated rings. The first-order valence-electron chi connectivity index (χ1n) is 4.51. The molecule has 0 radical (unpaired) electrons. The Labute approximate surface area is 88.9 Å². The Hall–Kier alpha value is -0.340. The smallest absolute Gasteiger partial charge is 0.0684 e. The average molecular weight is 245 g/mol. The van der Waals surface area contributed by atoms with E-state index in [0.717, 1.165) is 15.6 Å². The van der Waals surface area contributed by atoms with Gasteiger partial charge in [-0.3, -0.25) is 0 Å². The summed E-state index contributed by atoms with van der Waals surface area (Å²) in [4.78, 5) is 0. The van der Waals surface area contributed by atoms with Gasteiger partial charge in [0.15, 0.2) is 0 Å². The highest BCUT2D eigenvalue weighted by molar-refractivity contribution is 9.10. The van der Waals surface area contributed by atoms with Crippen molar-refractivity contribution in [2.75, 3.05) is 0 Å². The lowest BCUT2D eigenvalue weighted by Gasteiger charge is -2.05. The SMILES string of the molecule is CC.Cc1cc(C)c(CO)cc1Br. The second-order valence-corrected chi connectivity index (χ2v) is 3.54. The number of rotatable bonds is 1. The number of aliphatic hydroxyl groups is 1. The first kappa shape index (κ1) is 12.7. The summed E-state index contributed by atoms with van der Waals surface area (Å²) in [5.41, 5.74) is 3.34. The predicted octanol–water partition coefficient (Wildman–Crippen LogP) is 3.58. The van der Waals surface area contributed by atoms with Crippen molar-refractivity contribution in [2.24, 2.45) is 0 Å². The highest BCUT2D eigenvalue weighted by Crippen LogP contribution is 2.20. The third kappa shape index (κ3) is 3.49. The summed E-state index contributed by atoms with van der Waals surface area (Å²) >= 11 is 3.41. The van der Waals surface area contributed by atoms with E-state index in [0.29, 0.717) is 0 Å². The van der Waals surface area contributed by atoms with E-state index in [2.05, 4.69) is 22.0 Å². The van der Waals surface area contributed by atoms with Crippen LogP contribution in [0.2, 0.25) is 0 Å². The fourth-order valence-corrected chi connectivity index (χ4v) is 1.43. The topological polar surface area (TPSA) is 20.2 Å². The van der Waals surface area contributed by atoms with Crippen LogP contribution in [0, 0.1) is 13.8 Å². The molecule has 0 saturated carbocycles. The molecule has 0 aromatic heterocycles. The van der Waals surface area contributed by atoms with Crippen molar-refractivity contribution in [3.8, 4) is 0 Å². The van der Waals surface area contributed by atoms with Crippen LogP contribution in [-0.2, 0) is 6.61 Å². The largest absolute Gasteiger partial charge is 0.392 e. The molecule has 74 valence electrons. The van der Waals surface area contributed by atoms with E-state index in [1.807, 2.05) is 33.8 Å². The molecule has 0 bridgehead atoms. The lowest BCUT2D eigenvalue weighted by atomic mass is 10.1. The van der Waals surface area contributed by atoms with Crippen molar-refractivity contribution in [1.29, 1.82) is 0 Å². The maximum absolute atomic E-state index is 8.91. The lowest BCUT2D eigenvalue weighted by Crippen LogP contribution is -1.90. The van der Waals surface area contributed by atoms with Gasteiger partial charge >= 0.3 is 0 Å². The van der Waals surface area contributed by atoms with Crippen LogP contribution in [0.3, 0.4) is 0 Å². The minimum absolute atomic E-state index is 0.116. The van der Waals surface area contributed by atoms with E-state index in [1.54, 1.807) is 0 Å². The van der Waals surface area contributed by atoms with Crippen molar-refractivity contribution >= 4 is 15.9 Å². The molecule has 0 saturated heterocycles. The Morgan fingerprint density at radius 3 is 2.15 bits per heavy atom. The van der Waals surface area contributed by atoms with E-state index in [1.165, 1.54) is 5.56 Å². The van der Waals surface area contributed by atoms with Gasteiger partial charge in [-0.15, -0.1) is 0 Å². The molecule has 1 aromatic carbocycles. The van der Waals surface area contributed by atoms with Crippen molar-refractivity contribution in [3.05, 3.63) is 33.3 Å². The Morgan fingerprint density at radius 2 is 1.69 bits per heavy atom. The first-order valence-corrected chi connectivity index (χ1v) is 5.31. The van der Waals surface area contributed by atoms with Gasteiger partial charge in [0.25, 0.3) is 0 Å². The van der Waals surface area contributed by atoms with Crippen LogP contribution in [0.4, 0.5) is 0 Å². The number of aryl methyl sites for hydroxylation is 2. The number of benzene rings is 1. The number of hydrogen-bond acceptors (Lipinski definition) is 1. The standard InChI is InChI=1S/C9H11BrO.C2H6/c1-6-3-7(2)9(10)4-8(6)5-11;1-2/h3-4,11H,5H2,1-2H3;1-2H3. The molecule has 0 aliphatic carbocycles. The van der Waals surface area contributed by atoms with Crippen molar-refractivity contribution in [3.63, 3.8) is 0 Å². The Bertz CT molecular complexity index is 269. The molecule has 0 heterocycles.